The molecule has 0 aromatic carbocycles. The van der Waals surface area contributed by atoms with Crippen LogP contribution in [-0.2, 0) is 0 Å². The van der Waals surface area contributed by atoms with Crippen molar-refractivity contribution in [1.82, 2.24) is 10.3 Å². The SMILES string of the molecule is CC(C)c1cc(C2CCNCC2)c[nH]c1=O. The maximum Gasteiger partial charge on any atom is 0.251 e. The van der Waals surface area contributed by atoms with E-state index in [4.69, 9.17) is 0 Å². The second-order valence-corrected chi connectivity index (χ2v) is 4.90. The van der Waals surface area contributed by atoms with E-state index in [-0.39, 0.29) is 5.56 Å². The summed E-state index contributed by atoms with van der Waals surface area (Å²) in [7, 11) is 0. The van der Waals surface area contributed by atoms with E-state index in [1.165, 1.54) is 18.4 Å². The number of piperidine rings is 1. The first kappa shape index (κ1) is 11.4. The molecular weight excluding hydrogens is 200 g/mol. The van der Waals surface area contributed by atoms with Crippen LogP contribution in [0.25, 0.3) is 0 Å². The predicted octanol–water partition coefficient (Wildman–Crippen LogP) is 1.97. The monoisotopic (exact) mass is 220 g/mol. The van der Waals surface area contributed by atoms with Gasteiger partial charge in [0.05, 0.1) is 0 Å². The van der Waals surface area contributed by atoms with Gasteiger partial charge in [-0.25, -0.2) is 0 Å². The molecule has 0 aliphatic carbocycles. The van der Waals surface area contributed by atoms with E-state index in [0.29, 0.717) is 11.8 Å². The van der Waals surface area contributed by atoms with E-state index < -0.39 is 0 Å². The van der Waals surface area contributed by atoms with Crippen LogP contribution in [-0.4, -0.2) is 18.1 Å². The van der Waals surface area contributed by atoms with E-state index in [0.717, 1.165) is 18.7 Å². The molecule has 1 aromatic rings. The van der Waals surface area contributed by atoms with Crippen LogP contribution in [0.2, 0.25) is 0 Å². The van der Waals surface area contributed by atoms with Gasteiger partial charge in [0.25, 0.3) is 5.56 Å². The molecule has 1 aliphatic heterocycles. The van der Waals surface area contributed by atoms with Crippen LogP contribution in [0, 0.1) is 0 Å². The highest BCUT2D eigenvalue weighted by molar-refractivity contribution is 5.24. The van der Waals surface area contributed by atoms with Gasteiger partial charge < -0.3 is 10.3 Å². The van der Waals surface area contributed by atoms with Gasteiger partial charge in [-0.3, -0.25) is 4.79 Å². The Bertz CT molecular complexity index is 403. The smallest absolute Gasteiger partial charge is 0.251 e. The second kappa shape index (κ2) is 4.83. The first-order chi connectivity index (χ1) is 7.68. The van der Waals surface area contributed by atoms with Gasteiger partial charge in [0.1, 0.15) is 0 Å². The van der Waals surface area contributed by atoms with Crippen molar-refractivity contribution in [3.05, 3.63) is 33.7 Å². The lowest BCUT2D eigenvalue weighted by Gasteiger charge is -2.23. The first-order valence-corrected chi connectivity index (χ1v) is 6.11. The van der Waals surface area contributed by atoms with E-state index in [9.17, 15) is 4.79 Å². The van der Waals surface area contributed by atoms with Gasteiger partial charge in [0.15, 0.2) is 0 Å². The number of aromatic amines is 1. The van der Waals surface area contributed by atoms with Gasteiger partial charge in [-0.05, 0) is 49.4 Å². The third-order valence-electron chi connectivity index (χ3n) is 3.39. The lowest BCUT2D eigenvalue weighted by atomic mass is 9.89. The van der Waals surface area contributed by atoms with Gasteiger partial charge in [0.2, 0.25) is 0 Å². The summed E-state index contributed by atoms with van der Waals surface area (Å²) in [6.45, 7) is 6.30. The normalized spacial score (nSPS) is 17.9. The van der Waals surface area contributed by atoms with E-state index >= 15 is 0 Å². The number of hydrogen-bond donors (Lipinski definition) is 2. The third-order valence-corrected chi connectivity index (χ3v) is 3.39. The third kappa shape index (κ3) is 2.35. The van der Waals surface area contributed by atoms with Crippen LogP contribution in [0.1, 0.15) is 49.7 Å². The number of H-pyrrole nitrogens is 1. The zero-order valence-electron chi connectivity index (χ0n) is 10.0. The Balaban J connectivity index is 2.27. The minimum absolute atomic E-state index is 0.0627. The van der Waals surface area contributed by atoms with Crippen LogP contribution in [0.3, 0.4) is 0 Å². The number of rotatable bonds is 2. The lowest BCUT2D eigenvalue weighted by Crippen LogP contribution is -2.27. The topological polar surface area (TPSA) is 44.9 Å². The molecule has 0 spiro atoms. The highest BCUT2D eigenvalue weighted by Gasteiger charge is 2.16. The average molecular weight is 220 g/mol. The highest BCUT2D eigenvalue weighted by atomic mass is 16.1. The molecule has 0 bridgehead atoms. The molecule has 0 saturated carbocycles. The van der Waals surface area contributed by atoms with Crippen molar-refractivity contribution in [3.8, 4) is 0 Å². The summed E-state index contributed by atoms with van der Waals surface area (Å²) in [6.07, 6.45) is 4.23. The van der Waals surface area contributed by atoms with E-state index in [1.54, 1.807) is 0 Å². The minimum atomic E-state index is 0.0627. The largest absolute Gasteiger partial charge is 0.329 e. The molecule has 2 heterocycles. The standard InChI is InChI=1S/C13H20N2O/c1-9(2)12-7-11(8-15-13(12)16)10-3-5-14-6-4-10/h7-10,14H,3-6H2,1-2H3,(H,15,16). The van der Waals surface area contributed by atoms with Gasteiger partial charge in [-0.2, -0.15) is 0 Å². The summed E-state index contributed by atoms with van der Waals surface area (Å²) in [5, 5.41) is 3.36. The quantitative estimate of drug-likeness (QED) is 0.800. The summed E-state index contributed by atoms with van der Waals surface area (Å²) in [5.74, 6) is 0.904. The summed E-state index contributed by atoms with van der Waals surface area (Å²) in [4.78, 5) is 14.5. The van der Waals surface area contributed by atoms with Gasteiger partial charge >= 0.3 is 0 Å². The predicted molar refractivity (Wildman–Crippen MR) is 66.0 cm³/mol. The van der Waals surface area contributed by atoms with E-state index in [1.807, 2.05) is 6.20 Å². The Morgan fingerprint density at radius 3 is 2.62 bits per heavy atom. The van der Waals surface area contributed by atoms with Crippen LogP contribution >= 0.6 is 0 Å². The van der Waals surface area contributed by atoms with Crippen molar-refractivity contribution in [2.75, 3.05) is 13.1 Å². The van der Waals surface area contributed by atoms with Crippen LogP contribution < -0.4 is 10.9 Å². The molecular formula is C13H20N2O. The number of hydrogen-bond acceptors (Lipinski definition) is 2. The molecule has 3 heteroatoms. The summed E-state index contributed by atoms with van der Waals surface area (Å²) >= 11 is 0. The Morgan fingerprint density at radius 2 is 2.00 bits per heavy atom. The maximum absolute atomic E-state index is 11.6. The molecule has 1 aromatic heterocycles. The summed E-state index contributed by atoms with van der Waals surface area (Å²) in [5.41, 5.74) is 2.27. The molecule has 3 nitrogen and oxygen atoms in total. The van der Waals surface area contributed by atoms with Crippen LogP contribution in [0.4, 0.5) is 0 Å². The van der Waals surface area contributed by atoms with Gasteiger partial charge in [-0.1, -0.05) is 13.8 Å². The zero-order chi connectivity index (χ0) is 11.5. The molecule has 0 radical (unpaired) electrons. The van der Waals surface area contributed by atoms with Crippen molar-refractivity contribution in [2.24, 2.45) is 0 Å². The molecule has 1 saturated heterocycles. The highest BCUT2D eigenvalue weighted by Crippen LogP contribution is 2.25. The molecule has 2 N–H and O–H groups in total. The molecule has 0 amide bonds. The fourth-order valence-electron chi connectivity index (χ4n) is 2.34. The minimum Gasteiger partial charge on any atom is -0.329 e. The Hall–Kier alpha value is -1.09. The molecule has 88 valence electrons. The Kier molecular flexibility index (Phi) is 3.44. The van der Waals surface area contributed by atoms with Crippen molar-refractivity contribution >= 4 is 0 Å². The van der Waals surface area contributed by atoms with Crippen molar-refractivity contribution in [2.45, 2.75) is 38.5 Å². The summed E-state index contributed by atoms with van der Waals surface area (Å²) < 4.78 is 0. The van der Waals surface area contributed by atoms with Crippen molar-refractivity contribution in [3.63, 3.8) is 0 Å². The Labute approximate surface area is 96.3 Å². The lowest BCUT2D eigenvalue weighted by molar-refractivity contribution is 0.459. The van der Waals surface area contributed by atoms with Gasteiger partial charge in [-0.15, -0.1) is 0 Å². The Morgan fingerprint density at radius 1 is 1.31 bits per heavy atom. The number of aromatic nitrogens is 1. The van der Waals surface area contributed by atoms with Crippen molar-refractivity contribution < 1.29 is 0 Å². The molecule has 1 aliphatic rings. The maximum atomic E-state index is 11.6. The van der Waals surface area contributed by atoms with Gasteiger partial charge in [0, 0.05) is 11.8 Å². The molecule has 0 unspecified atom stereocenters. The summed E-state index contributed by atoms with van der Waals surface area (Å²) in [6, 6.07) is 2.10. The van der Waals surface area contributed by atoms with Crippen molar-refractivity contribution in [1.29, 1.82) is 0 Å². The number of pyridine rings is 1. The fraction of sp³-hybridized carbons (Fsp3) is 0.615. The second-order valence-electron chi connectivity index (χ2n) is 4.90. The van der Waals surface area contributed by atoms with Crippen LogP contribution in [0.5, 0.6) is 0 Å². The van der Waals surface area contributed by atoms with Crippen LogP contribution in [0.15, 0.2) is 17.1 Å². The number of nitrogens with one attached hydrogen (secondary N) is 2. The molecule has 2 rings (SSSR count). The van der Waals surface area contributed by atoms with E-state index in [2.05, 4.69) is 30.2 Å². The molecule has 16 heavy (non-hydrogen) atoms. The average Bonchev–Trinajstić information content (AvgIpc) is 2.30. The first-order valence-electron chi connectivity index (χ1n) is 6.11. The molecule has 0 atom stereocenters. The molecule has 1 fully saturated rings. The zero-order valence-corrected chi connectivity index (χ0v) is 10.0. The fourth-order valence-corrected chi connectivity index (χ4v) is 2.34.